The number of benzene rings is 2. The molecule has 11 heteroatoms. The van der Waals surface area contributed by atoms with Gasteiger partial charge in [0.15, 0.2) is 0 Å². The number of rotatable bonds is 7. The van der Waals surface area contributed by atoms with Gasteiger partial charge in [-0.3, -0.25) is 9.78 Å². The van der Waals surface area contributed by atoms with Crippen molar-refractivity contribution in [2.45, 2.75) is 12.5 Å². The van der Waals surface area contributed by atoms with Crippen molar-refractivity contribution in [1.29, 1.82) is 5.26 Å². The predicted molar refractivity (Wildman–Crippen MR) is 104 cm³/mol. The number of aromatic nitrogens is 2. The van der Waals surface area contributed by atoms with Crippen molar-refractivity contribution in [2.75, 3.05) is 5.43 Å². The van der Waals surface area contributed by atoms with Gasteiger partial charge in [0.05, 0.1) is 11.9 Å². The molecule has 0 fully saturated rings. The van der Waals surface area contributed by atoms with Gasteiger partial charge in [0.1, 0.15) is 17.4 Å². The molecule has 7 nitrogen and oxygen atoms in total. The van der Waals surface area contributed by atoms with E-state index in [-0.39, 0.29) is 22.8 Å². The second-order valence-electron chi connectivity index (χ2n) is 5.99. The van der Waals surface area contributed by atoms with Crippen molar-refractivity contribution in [3.8, 4) is 23.1 Å². The maximum atomic E-state index is 13.2. The molecule has 0 aliphatic carbocycles. The minimum atomic E-state index is -4.68. The summed E-state index contributed by atoms with van der Waals surface area (Å²) in [6.45, 7) is 0. The molecule has 1 heterocycles. The van der Waals surface area contributed by atoms with Gasteiger partial charge >= 0.3 is 12.5 Å². The van der Waals surface area contributed by atoms with Gasteiger partial charge in [-0.05, 0) is 12.1 Å². The van der Waals surface area contributed by atoms with Gasteiger partial charge in [-0.2, -0.15) is 27.9 Å². The Morgan fingerprint density at radius 1 is 1.16 bits per heavy atom. The Bertz CT molecular complexity index is 1190. The largest absolute Gasteiger partial charge is 0.461 e. The smallest absolute Gasteiger partial charge is 0.428 e. The van der Waals surface area contributed by atoms with E-state index in [9.17, 15) is 27.6 Å². The number of nitrogens with zero attached hydrogens (tertiary/aromatic N) is 3. The number of H-pyrrole nitrogens is 1. The Morgan fingerprint density at radius 2 is 1.84 bits per heavy atom. The Balaban J connectivity index is 1.87. The molecule has 158 valence electrons. The number of anilines is 1. The van der Waals surface area contributed by atoms with Crippen LogP contribution in [0.5, 0.6) is 5.75 Å². The van der Waals surface area contributed by atoms with Crippen molar-refractivity contribution in [2.24, 2.45) is 5.10 Å². The number of hydrogen-bond donors (Lipinski definition) is 2. The van der Waals surface area contributed by atoms with Crippen LogP contribution in [0, 0.1) is 11.3 Å². The highest BCUT2D eigenvalue weighted by Crippen LogP contribution is 2.29. The second kappa shape index (κ2) is 9.08. The molecule has 0 saturated carbocycles. The van der Waals surface area contributed by atoms with E-state index in [2.05, 4.69) is 25.2 Å². The van der Waals surface area contributed by atoms with Crippen molar-refractivity contribution in [3.05, 3.63) is 76.1 Å². The SMILES string of the molecule is N#Cc1c(-c2ccccc2)nc(NN=Cc2ccccc2OC(F)(F)C(F)F)[nH]c1=O. The number of aromatic amines is 1. The summed E-state index contributed by atoms with van der Waals surface area (Å²) in [4.78, 5) is 18.7. The fourth-order valence-electron chi connectivity index (χ4n) is 2.47. The van der Waals surface area contributed by atoms with Gasteiger partial charge in [0.25, 0.3) is 5.56 Å². The van der Waals surface area contributed by atoms with Crippen LogP contribution in [0.15, 0.2) is 64.5 Å². The van der Waals surface area contributed by atoms with Gasteiger partial charge < -0.3 is 4.74 Å². The zero-order chi connectivity index (χ0) is 22.4. The number of para-hydroxylation sites is 1. The van der Waals surface area contributed by atoms with Crippen molar-refractivity contribution < 1.29 is 22.3 Å². The van der Waals surface area contributed by atoms with E-state index in [1.54, 1.807) is 36.4 Å². The Hall–Kier alpha value is -4.20. The van der Waals surface area contributed by atoms with Crippen LogP contribution in [-0.2, 0) is 0 Å². The van der Waals surface area contributed by atoms with Crippen LogP contribution in [-0.4, -0.2) is 28.7 Å². The molecule has 2 N–H and O–H groups in total. The molecular weight excluding hydrogens is 418 g/mol. The number of hydrazone groups is 1. The molecule has 0 atom stereocenters. The fourth-order valence-corrected chi connectivity index (χ4v) is 2.47. The van der Waals surface area contributed by atoms with E-state index in [1.807, 2.05) is 0 Å². The maximum Gasteiger partial charge on any atom is 0.461 e. The molecule has 0 aliphatic heterocycles. The summed E-state index contributed by atoms with van der Waals surface area (Å²) >= 11 is 0. The highest BCUT2D eigenvalue weighted by atomic mass is 19.3. The lowest BCUT2D eigenvalue weighted by molar-refractivity contribution is -0.253. The average molecular weight is 431 g/mol. The molecule has 0 radical (unpaired) electrons. The van der Waals surface area contributed by atoms with E-state index in [4.69, 9.17) is 0 Å². The van der Waals surface area contributed by atoms with Crippen molar-refractivity contribution >= 4 is 12.2 Å². The summed E-state index contributed by atoms with van der Waals surface area (Å²) in [5, 5.41) is 13.0. The normalized spacial score (nSPS) is 11.5. The molecule has 3 rings (SSSR count). The lowest BCUT2D eigenvalue weighted by Crippen LogP contribution is -2.33. The summed E-state index contributed by atoms with van der Waals surface area (Å²) in [6, 6.07) is 15.4. The van der Waals surface area contributed by atoms with Gasteiger partial charge in [-0.25, -0.2) is 10.4 Å². The number of nitrogens with one attached hydrogen (secondary N) is 2. The second-order valence-corrected chi connectivity index (χ2v) is 5.99. The van der Waals surface area contributed by atoms with E-state index in [0.717, 1.165) is 12.3 Å². The Kier molecular flexibility index (Phi) is 6.30. The van der Waals surface area contributed by atoms with Gasteiger partial charge in [-0.15, -0.1) is 0 Å². The predicted octanol–water partition coefficient (Wildman–Crippen LogP) is 3.99. The minimum absolute atomic E-state index is 0.0328. The Morgan fingerprint density at radius 3 is 2.52 bits per heavy atom. The van der Waals surface area contributed by atoms with Gasteiger partial charge in [0, 0.05) is 11.1 Å². The highest BCUT2D eigenvalue weighted by Gasteiger charge is 2.44. The number of hydrogen-bond acceptors (Lipinski definition) is 6. The molecule has 0 spiro atoms. The Labute approximate surface area is 172 Å². The molecule has 31 heavy (non-hydrogen) atoms. The number of halogens is 4. The number of ether oxygens (including phenoxy) is 1. The van der Waals surface area contributed by atoms with Crippen LogP contribution in [0.1, 0.15) is 11.1 Å². The third-order valence-corrected chi connectivity index (χ3v) is 3.87. The van der Waals surface area contributed by atoms with Crippen molar-refractivity contribution in [3.63, 3.8) is 0 Å². The fraction of sp³-hybridized carbons (Fsp3) is 0.100. The first-order valence-electron chi connectivity index (χ1n) is 8.64. The zero-order valence-electron chi connectivity index (χ0n) is 15.5. The van der Waals surface area contributed by atoms with E-state index < -0.39 is 23.8 Å². The summed E-state index contributed by atoms with van der Waals surface area (Å²) in [5.74, 6) is -0.653. The molecular formula is C20H13F4N5O2. The van der Waals surface area contributed by atoms with Crippen LogP contribution >= 0.6 is 0 Å². The minimum Gasteiger partial charge on any atom is -0.428 e. The van der Waals surface area contributed by atoms with Crippen LogP contribution in [0.2, 0.25) is 0 Å². The lowest BCUT2D eigenvalue weighted by Gasteiger charge is -2.17. The van der Waals surface area contributed by atoms with E-state index in [1.165, 1.54) is 18.2 Å². The standard InChI is InChI=1S/C20H13F4N5O2/c21-18(22)20(23,24)31-15-9-5-4-8-13(15)11-26-29-19-27-16(12-6-2-1-3-7-12)14(10-25)17(30)28-19/h1-9,11,18H,(H2,27,28,29,30). The third-order valence-electron chi connectivity index (χ3n) is 3.87. The molecule has 0 bridgehead atoms. The summed E-state index contributed by atoms with van der Waals surface area (Å²) in [5.41, 5.74) is 2.10. The molecule has 0 amide bonds. The molecule has 0 unspecified atom stereocenters. The molecule has 1 aromatic heterocycles. The first kappa shape index (κ1) is 21.5. The first-order valence-corrected chi connectivity index (χ1v) is 8.64. The highest BCUT2D eigenvalue weighted by molar-refractivity contribution is 5.83. The monoisotopic (exact) mass is 431 g/mol. The lowest BCUT2D eigenvalue weighted by atomic mass is 10.1. The number of nitriles is 1. The van der Waals surface area contributed by atoms with Crippen LogP contribution in [0.3, 0.4) is 0 Å². The molecule has 2 aromatic carbocycles. The summed E-state index contributed by atoms with van der Waals surface area (Å²) in [6.07, 6.45) is -7.67. The topological polar surface area (TPSA) is 103 Å². The quantitative estimate of drug-likeness (QED) is 0.335. The van der Waals surface area contributed by atoms with Crippen LogP contribution in [0.25, 0.3) is 11.3 Å². The summed E-state index contributed by atoms with van der Waals surface area (Å²) in [7, 11) is 0. The molecule has 3 aromatic rings. The van der Waals surface area contributed by atoms with Crippen LogP contribution < -0.4 is 15.7 Å². The third kappa shape index (κ3) is 5.05. The van der Waals surface area contributed by atoms with Crippen LogP contribution in [0.4, 0.5) is 23.5 Å². The summed E-state index contributed by atoms with van der Waals surface area (Å²) < 4.78 is 55.3. The van der Waals surface area contributed by atoms with Gasteiger partial charge in [0.2, 0.25) is 5.95 Å². The molecule has 0 saturated heterocycles. The zero-order valence-corrected chi connectivity index (χ0v) is 15.5. The number of alkyl halides is 4. The van der Waals surface area contributed by atoms with Gasteiger partial charge in [-0.1, -0.05) is 42.5 Å². The van der Waals surface area contributed by atoms with E-state index >= 15 is 0 Å². The van der Waals surface area contributed by atoms with E-state index in [0.29, 0.717) is 5.56 Å². The first-order chi connectivity index (χ1) is 14.8. The van der Waals surface area contributed by atoms with Crippen molar-refractivity contribution in [1.82, 2.24) is 9.97 Å². The maximum absolute atomic E-state index is 13.2. The average Bonchev–Trinajstić information content (AvgIpc) is 2.75. The molecule has 0 aliphatic rings.